The lowest BCUT2D eigenvalue weighted by Crippen LogP contribution is -2.40. The Balaban J connectivity index is 0.00000338. The number of aromatic nitrogens is 2. The molecule has 0 aliphatic heterocycles. The first-order chi connectivity index (χ1) is 12.1. The van der Waals surface area contributed by atoms with Gasteiger partial charge in [-0.25, -0.2) is 0 Å². The summed E-state index contributed by atoms with van der Waals surface area (Å²) in [7, 11) is 0. The Bertz CT molecular complexity index is 661. The summed E-state index contributed by atoms with van der Waals surface area (Å²) in [6, 6.07) is 7.31. The monoisotopic (exact) mass is 400 g/mol. The minimum absolute atomic E-state index is 0. The highest BCUT2D eigenvalue weighted by Crippen LogP contribution is 2.19. The highest BCUT2D eigenvalue weighted by atomic mass is 35.5. The van der Waals surface area contributed by atoms with Crippen LogP contribution in [0, 0.1) is 0 Å². The number of benzene rings is 1. The van der Waals surface area contributed by atoms with E-state index in [1.807, 2.05) is 12.1 Å². The van der Waals surface area contributed by atoms with Crippen molar-refractivity contribution in [3.05, 3.63) is 35.2 Å². The largest absolute Gasteiger partial charge is 0.352 e. The maximum Gasteiger partial charge on any atom is 0.226 e. The summed E-state index contributed by atoms with van der Waals surface area (Å²) in [6.07, 6.45) is 4.72. The fraction of sp³-hybridized carbons (Fsp3) is 0.500. The zero-order valence-corrected chi connectivity index (χ0v) is 16.5. The third-order valence-corrected chi connectivity index (χ3v) is 4.17. The van der Waals surface area contributed by atoms with Gasteiger partial charge in [0.15, 0.2) is 0 Å². The Morgan fingerprint density at radius 2 is 2.04 bits per heavy atom. The van der Waals surface area contributed by atoms with Crippen molar-refractivity contribution in [1.82, 2.24) is 15.5 Å². The van der Waals surface area contributed by atoms with Gasteiger partial charge < -0.3 is 15.6 Å². The number of nitrogens with two attached hydrogens (primary N) is 1. The SMILES string of the molecule is CCCCC(CN)NC(=O)CCCc1nc(-c2ccc(Cl)cc2)no1.Cl. The summed E-state index contributed by atoms with van der Waals surface area (Å²) in [5.41, 5.74) is 6.54. The molecule has 3 N–H and O–H groups in total. The number of amides is 1. The first-order valence-corrected chi connectivity index (χ1v) is 9.08. The van der Waals surface area contributed by atoms with Gasteiger partial charge in [0.25, 0.3) is 0 Å². The van der Waals surface area contributed by atoms with Gasteiger partial charge in [-0.3, -0.25) is 4.79 Å². The summed E-state index contributed by atoms with van der Waals surface area (Å²) >= 11 is 5.87. The quantitative estimate of drug-likeness (QED) is 0.632. The number of hydrogen-bond donors (Lipinski definition) is 2. The van der Waals surface area contributed by atoms with Crippen molar-refractivity contribution in [2.75, 3.05) is 6.54 Å². The van der Waals surface area contributed by atoms with Crippen molar-refractivity contribution in [1.29, 1.82) is 0 Å². The highest BCUT2D eigenvalue weighted by Gasteiger charge is 2.12. The predicted octanol–water partition coefficient (Wildman–Crippen LogP) is 3.77. The van der Waals surface area contributed by atoms with Crippen LogP contribution >= 0.6 is 24.0 Å². The lowest BCUT2D eigenvalue weighted by Gasteiger charge is -2.16. The zero-order valence-electron chi connectivity index (χ0n) is 14.9. The molecule has 2 rings (SSSR count). The summed E-state index contributed by atoms with van der Waals surface area (Å²) in [6.45, 7) is 2.60. The molecule has 0 aliphatic carbocycles. The normalized spacial score (nSPS) is 11.7. The van der Waals surface area contributed by atoms with E-state index in [-0.39, 0.29) is 24.4 Å². The molecule has 26 heavy (non-hydrogen) atoms. The number of halogens is 2. The molecule has 1 aromatic heterocycles. The van der Waals surface area contributed by atoms with E-state index in [1.54, 1.807) is 12.1 Å². The third kappa shape index (κ3) is 7.32. The number of carbonyl (C=O) groups is 1. The van der Waals surface area contributed by atoms with Gasteiger partial charge in [0.2, 0.25) is 17.6 Å². The van der Waals surface area contributed by atoms with Crippen molar-refractivity contribution in [3.8, 4) is 11.4 Å². The molecule has 2 aromatic rings. The van der Waals surface area contributed by atoms with E-state index >= 15 is 0 Å². The molecule has 0 radical (unpaired) electrons. The van der Waals surface area contributed by atoms with E-state index in [4.69, 9.17) is 21.9 Å². The second kappa shape index (κ2) is 11.9. The Morgan fingerprint density at radius 1 is 1.31 bits per heavy atom. The van der Waals surface area contributed by atoms with Crippen LogP contribution in [0.1, 0.15) is 44.9 Å². The van der Waals surface area contributed by atoms with Gasteiger partial charge in [-0.05, 0) is 37.1 Å². The molecule has 0 saturated carbocycles. The fourth-order valence-electron chi connectivity index (χ4n) is 2.47. The molecule has 0 spiro atoms. The molecule has 0 saturated heterocycles. The number of rotatable bonds is 10. The third-order valence-electron chi connectivity index (χ3n) is 3.92. The van der Waals surface area contributed by atoms with Crippen molar-refractivity contribution < 1.29 is 9.32 Å². The van der Waals surface area contributed by atoms with E-state index in [0.29, 0.717) is 42.5 Å². The van der Waals surface area contributed by atoms with E-state index in [1.165, 1.54) is 0 Å². The number of aryl methyl sites for hydroxylation is 1. The average Bonchev–Trinajstić information content (AvgIpc) is 3.08. The van der Waals surface area contributed by atoms with Crippen LogP contribution in [-0.4, -0.2) is 28.6 Å². The number of nitrogens with one attached hydrogen (secondary N) is 1. The molecule has 1 unspecified atom stereocenters. The van der Waals surface area contributed by atoms with Crippen LogP contribution in [0.5, 0.6) is 0 Å². The first kappa shape index (κ1) is 22.4. The van der Waals surface area contributed by atoms with Gasteiger partial charge in [0, 0.05) is 36.0 Å². The predicted molar refractivity (Wildman–Crippen MR) is 105 cm³/mol. The molecule has 1 heterocycles. The topological polar surface area (TPSA) is 94.0 Å². The van der Waals surface area contributed by atoms with E-state index < -0.39 is 0 Å². The minimum Gasteiger partial charge on any atom is -0.352 e. The van der Waals surface area contributed by atoms with Crippen molar-refractivity contribution >= 4 is 29.9 Å². The maximum atomic E-state index is 12.0. The number of nitrogens with zero attached hydrogens (tertiary/aromatic N) is 2. The van der Waals surface area contributed by atoms with Gasteiger partial charge in [0.05, 0.1) is 0 Å². The van der Waals surface area contributed by atoms with Gasteiger partial charge in [-0.15, -0.1) is 12.4 Å². The molecule has 1 aromatic carbocycles. The van der Waals surface area contributed by atoms with Gasteiger partial charge in [-0.1, -0.05) is 36.5 Å². The number of unbranched alkanes of at least 4 members (excludes halogenated alkanes) is 1. The lowest BCUT2D eigenvalue weighted by molar-refractivity contribution is -0.121. The Labute approximate surface area is 165 Å². The fourth-order valence-corrected chi connectivity index (χ4v) is 2.60. The summed E-state index contributed by atoms with van der Waals surface area (Å²) in [5.74, 6) is 1.07. The minimum atomic E-state index is 0. The first-order valence-electron chi connectivity index (χ1n) is 8.70. The van der Waals surface area contributed by atoms with Crippen LogP contribution in [0.25, 0.3) is 11.4 Å². The molecule has 8 heteroatoms. The molecule has 0 bridgehead atoms. The van der Waals surface area contributed by atoms with Crippen LogP contribution in [0.4, 0.5) is 0 Å². The van der Waals surface area contributed by atoms with Crippen LogP contribution < -0.4 is 11.1 Å². The standard InChI is InChI=1S/C18H25ClN4O2.ClH/c1-2-3-5-15(12-20)21-16(24)6-4-7-17-22-18(23-25-17)13-8-10-14(19)11-9-13;/h8-11,15H,2-7,12,20H2,1H3,(H,21,24);1H. The maximum absolute atomic E-state index is 12.0. The number of carbonyl (C=O) groups excluding carboxylic acids is 1. The van der Waals surface area contributed by atoms with Crippen molar-refractivity contribution in [2.24, 2.45) is 5.73 Å². The molecule has 6 nitrogen and oxygen atoms in total. The summed E-state index contributed by atoms with van der Waals surface area (Å²) < 4.78 is 5.24. The Morgan fingerprint density at radius 3 is 2.69 bits per heavy atom. The molecule has 1 atom stereocenters. The van der Waals surface area contributed by atoms with E-state index in [2.05, 4.69) is 22.4 Å². The highest BCUT2D eigenvalue weighted by molar-refractivity contribution is 6.30. The van der Waals surface area contributed by atoms with E-state index in [0.717, 1.165) is 24.8 Å². The smallest absolute Gasteiger partial charge is 0.226 e. The van der Waals surface area contributed by atoms with Gasteiger partial charge >= 0.3 is 0 Å². The van der Waals surface area contributed by atoms with Gasteiger partial charge in [-0.2, -0.15) is 4.98 Å². The second-order valence-corrected chi connectivity index (χ2v) is 6.45. The van der Waals surface area contributed by atoms with Crippen LogP contribution in [0.3, 0.4) is 0 Å². The molecule has 144 valence electrons. The lowest BCUT2D eigenvalue weighted by atomic mass is 10.1. The van der Waals surface area contributed by atoms with Crippen molar-refractivity contribution in [2.45, 2.75) is 51.5 Å². The summed E-state index contributed by atoms with van der Waals surface area (Å²) in [5, 5.41) is 7.60. The second-order valence-electron chi connectivity index (χ2n) is 6.01. The van der Waals surface area contributed by atoms with Crippen LogP contribution in [0.2, 0.25) is 5.02 Å². The Kier molecular flexibility index (Phi) is 10.2. The van der Waals surface area contributed by atoms with Gasteiger partial charge in [0.1, 0.15) is 0 Å². The zero-order chi connectivity index (χ0) is 18.1. The molecular formula is C18H26Cl2N4O2. The average molecular weight is 401 g/mol. The molecule has 1 amide bonds. The molecular weight excluding hydrogens is 375 g/mol. The molecule has 0 fully saturated rings. The van der Waals surface area contributed by atoms with Crippen molar-refractivity contribution in [3.63, 3.8) is 0 Å². The van der Waals surface area contributed by atoms with E-state index in [9.17, 15) is 4.79 Å². The number of hydrogen-bond acceptors (Lipinski definition) is 5. The van der Waals surface area contributed by atoms with Crippen LogP contribution in [0.15, 0.2) is 28.8 Å². The molecule has 0 aliphatic rings. The van der Waals surface area contributed by atoms with Crippen LogP contribution in [-0.2, 0) is 11.2 Å². The Hall–Kier alpha value is -1.63. The summed E-state index contributed by atoms with van der Waals surface area (Å²) in [4.78, 5) is 16.3.